The summed E-state index contributed by atoms with van der Waals surface area (Å²) in [7, 11) is 8.05. The zero-order valence-corrected chi connectivity index (χ0v) is 34.2. The van der Waals surface area contributed by atoms with Gasteiger partial charge < -0.3 is 37.4 Å². The zero-order chi connectivity index (χ0) is 41.9. The van der Waals surface area contributed by atoms with Crippen LogP contribution in [-0.2, 0) is 33.3 Å². The van der Waals surface area contributed by atoms with Gasteiger partial charge in [0.05, 0.1) is 5.92 Å². The number of hydrogen-bond donors (Lipinski definition) is 5. The number of hydrogen-bond acceptors (Lipinski definition) is 7. The predicted octanol–water partition coefficient (Wildman–Crippen LogP) is 4.62. The molecule has 0 aromatic heterocycles. The van der Waals surface area contributed by atoms with Gasteiger partial charge in [0.1, 0.15) is 0 Å². The van der Waals surface area contributed by atoms with Crippen LogP contribution < -0.4 is 22.5 Å². The molecule has 3 amide bonds. The SMILES string of the molecule is CN(C)[C@H](CN)Cc1ccc(C(N)=O)cc1.CN(C)[C@H](CNC(=O)[C@@H]1C[C@@]1(C)c1ccccc1)Cc1ccc(C(N)=O)cc1.C[C@@]1(c2ccccc2)C[C@H]1C(=O)O. The van der Waals surface area contributed by atoms with Crippen molar-refractivity contribution in [3.05, 3.63) is 143 Å². The summed E-state index contributed by atoms with van der Waals surface area (Å²) in [5.41, 5.74) is 21.7. The van der Waals surface area contributed by atoms with E-state index in [1.165, 1.54) is 5.56 Å². The number of benzene rings is 4. The molecule has 6 rings (SSSR count). The molecule has 0 aliphatic heterocycles. The van der Waals surface area contributed by atoms with E-state index >= 15 is 0 Å². The van der Waals surface area contributed by atoms with Crippen molar-refractivity contribution < 1.29 is 24.3 Å². The number of aliphatic carboxylic acids is 1. The molecule has 0 bridgehead atoms. The second-order valence-corrected chi connectivity index (χ2v) is 16.2. The van der Waals surface area contributed by atoms with Gasteiger partial charge in [-0.05, 0) is 100 Å². The first-order valence-electron chi connectivity index (χ1n) is 19.4. The molecule has 6 atom stereocenters. The van der Waals surface area contributed by atoms with Crippen LogP contribution >= 0.6 is 0 Å². The van der Waals surface area contributed by atoms with E-state index in [0.29, 0.717) is 30.3 Å². The molecule has 0 unspecified atom stereocenters. The highest BCUT2D eigenvalue weighted by Gasteiger charge is 2.56. The van der Waals surface area contributed by atoms with Crippen molar-refractivity contribution in [1.82, 2.24) is 15.1 Å². The van der Waals surface area contributed by atoms with Gasteiger partial charge >= 0.3 is 5.97 Å². The molecule has 57 heavy (non-hydrogen) atoms. The number of nitrogens with one attached hydrogen (secondary N) is 1. The van der Waals surface area contributed by atoms with Crippen LogP contribution in [-0.4, -0.2) is 92.0 Å². The lowest BCUT2D eigenvalue weighted by molar-refractivity contribution is -0.139. The maximum atomic E-state index is 12.7. The van der Waals surface area contributed by atoms with Crippen molar-refractivity contribution in [3.63, 3.8) is 0 Å². The van der Waals surface area contributed by atoms with Gasteiger partial charge in [-0.25, -0.2) is 0 Å². The highest BCUT2D eigenvalue weighted by Crippen LogP contribution is 2.54. The topological polar surface area (TPSA) is 185 Å². The van der Waals surface area contributed by atoms with Crippen molar-refractivity contribution in [2.24, 2.45) is 29.0 Å². The second-order valence-electron chi connectivity index (χ2n) is 16.2. The van der Waals surface area contributed by atoms with E-state index in [1.54, 1.807) is 24.3 Å². The van der Waals surface area contributed by atoms with Crippen molar-refractivity contribution in [2.45, 2.75) is 62.4 Å². The summed E-state index contributed by atoms with van der Waals surface area (Å²) in [6, 6.07) is 35.3. The Bertz CT molecular complexity index is 1940. The number of amides is 3. The summed E-state index contributed by atoms with van der Waals surface area (Å²) >= 11 is 0. The lowest BCUT2D eigenvalue weighted by Crippen LogP contribution is -2.42. The summed E-state index contributed by atoms with van der Waals surface area (Å²) < 4.78 is 0. The molecule has 2 aliphatic rings. The first kappa shape index (κ1) is 44.4. The number of carboxylic acid groups (broad SMARTS) is 1. The van der Waals surface area contributed by atoms with Crippen molar-refractivity contribution in [1.29, 1.82) is 0 Å². The Kier molecular flexibility index (Phi) is 15.3. The maximum absolute atomic E-state index is 12.7. The van der Waals surface area contributed by atoms with Crippen LogP contribution in [0.3, 0.4) is 0 Å². The summed E-state index contributed by atoms with van der Waals surface area (Å²) in [6.07, 6.45) is 3.33. The van der Waals surface area contributed by atoms with E-state index in [2.05, 4.69) is 34.2 Å². The number of rotatable bonds is 15. The second kappa shape index (κ2) is 19.7. The van der Waals surface area contributed by atoms with Crippen LogP contribution in [0.1, 0.15) is 69.7 Å². The third-order valence-corrected chi connectivity index (χ3v) is 11.6. The fourth-order valence-corrected chi connectivity index (χ4v) is 7.16. The molecule has 11 nitrogen and oxygen atoms in total. The van der Waals surface area contributed by atoms with Gasteiger partial charge in [-0.15, -0.1) is 0 Å². The fourth-order valence-electron chi connectivity index (χ4n) is 7.16. The van der Waals surface area contributed by atoms with Crippen LogP contribution in [0.2, 0.25) is 0 Å². The number of carbonyl (C=O) groups is 4. The molecule has 2 aliphatic carbocycles. The molecule has 0 radical (unpaired) electrons. The average Bonchev–Trinajstić information content (AvgIpc) is 4.11. The Morgan fingerprint density at radius 1 is 0.649 bits per heavy atom. The van der Waals surface area contributed by atoms with Gasteiger partial charge in [0.25, 0.3) is 0 Å². The van der Waals surface area contributed by atoms with Gasteiger partial charge in [-0.1, -0.05) is 98.8 Å². The van der Waals surface area contributed by atoms with E-state index in [4.69, 9.17) is 22.3 Å². The average molecular weight is 777 g/mol. The first-order chi connectivity index (χ1) is 27.0. The molecule has 0 spiro atoms. The molecule has 0 saturated heterocycles. The lowest BCUT2D eigenvalue weighted by atomic mass is 9.95. The standard InChI is InChI=1S/C23H29N3O2.C12H19N3O.C11H12O2/c1-23(18-7-5-4-6-8-18)14-20(23)22(28)25-15-19(26(2)3)13-16-9-11-17(12-10-16)21(24)27;1-15(2)11(8-13)7-9-3-5-10(6-4-9)12(14)16;1-11(7-9(11)10(12)13)8-5-3-2-4-6-8/h4-12,19-20H,13-15H2,1-3H3,(H2,24,27)(H,25,28);3-6,11H,7-8,13H2,1-2H3,(H2,14,16);2-6,9H,7H2,1H3,(H,12,13)/t19-,20-,23-;11-;9-,11-/m000/s1. The molecule has 11 heteroatoms. The maximum Gasteiger partial charge on any atom is 0.307 e. The fraction of sp³-hybridized carbons (Fsp3) is 0.391. The highest BCUT2D eigenvalue weighted by molar-refractivity contribution is 5.93. The molecule has 2 fully saturated rings. The summed E-state index contributed by atoms with van der Waals surface area (Å²) in [5.74, 6) is -1.51. The quantitative estimate of drug-likeness (QED) is 0.116. The summed E-state index contributed by atoms with van der Waals surface area (Å²) in [6.45, 7) is 5.38. The number of primary amides is 2. The minimum Gasteiger partial charge on any atom is -0.481 e. The Hall–Kier alpha value is -5.36. The number of carbonyl (C=O) groups excluding carboxylic acids is 3. The van der Waals surface area contributed by atoms with Gasteiger partial charge in [0, 0.05) is 53.0 Å². The van der Waals surface area contributed by atoms with E-state index in [1.807, 2.05) is 108 Å². The summed E-state index contributed by atoms with van der Waals surface area (Å²) in [4.78, 5) is 49.8. The zero-order valence-electron chi connectivity index (χ0n) is 34.2. The Labute approximate surface area is 337 Å². The Morgan fingerprint density at radius 3 is 1.39 bits per heavy atom. The van der Waals surface area contributed by atoms with Crippen LogP contribution in [0.4, 0.5) is 0 Å². The minimum absolute atomic E-state index is 0.0348. The Morgan fingerprint density at radius 2 is 1.04 bits per heavy atom. The highest BCUT2D eigenvalue weighted by atomic mass is 16.4. The number of carboxylic acids is 1. The van der Waals surface area contributed by atoms with Crippen LogP contribution in [0.25, 0.3) is 0 Å². The number of likely N-dealkylation sites (N-methyl/N-ethyl adjacent to an activating group) is 2. The number of nitrogens with zero attached hydrogens (tertiary/aromatic N) is 2. The predicted molar refractivity (Wildman–Crippen MR) is 226 cm³/mol. The third-order valence-electron chi connectivity index (χ3n) is 11.6. The smallest absolute Gasteiger partial charge is 0.307 e. The monoisotopic (exact) mass is 776 g/mol. The molecule has 4 aromatic carbocycles. The molecule has 304 valence electrons. The van der Waals surface area contributed by atoms with Crippen molar-refractivity contribution in [2.75, 3.05) is 41.3 Å². The van der Waals surface area contributed by atoms with E-state index in [0.717, 1.165) is 42.4 Å². The molecule has 0 heterocycles. The normalized spacial score (nSPS) is 21.5. The summed E-state index contributed by atoms with van der Waals surface area (Å²) in [5, 5.41) is 12.0. The minimum atomic E-state index is -0.675. The van der Waals surface area contributed by atoms with E-state index in [-0.39, 0.29) is 34.6 Å². The molecule has 8 N–H and O–H groups in total. The van der Waals surface area contributed by atoms with Gasteiger partial charge in [-0.2, -0.15) is 0 Å². The Balaban J connectivity index is 0.000000209. The van der Waals surface area contributed by atoms with Gasteiger partial charge in [-0.3, -0.25) is 19.2 Å². The van der Waals surface area contributed by atoms with Crippen molar-refractivity contribution in [3.8, 4) is 0 Å². The van der Waals surface area contributed by atoms with E-state index in [9.17, 15) is 19.2 Å². The molecular formula is C46H60N6O5. The lowest BCUT2D eigenvalue weighted by Gasteiger charge is -2.25. The van der Waals surface area contributed by atoms with Gasteiger partial charge in [0.2, 0.25) is 17.7 Å². The van der Waals surface area contributed by atoms with Crippen LogP contribution in [0, 0.1) is 11.8 Å². The van der Waals surface area contributed by atoms with E-state index < -0.39 is 17.8 Å². The third kappa shape index (κ3) is 12.1. The molecular weight excluding hydrogens is 717 g/mol. The number of nitrogens with two attached hydrogens (primary N) is 3. The first-order valence-corrected chi connectivity index (χ1v) is 19.4. The largest absolute Gasteiger partial charge is 0.481 e. The van der Waals surface area contributed by atoms with Crippen LogP contribution in [0.5, 0.6) is 0 Å². The van der Waals surface area contributed by atoms with Crippen LogP contribution in [0.15, 0.2) is 109 Å². The van der Waals surface area contributed by atoms with Crippen molar-refractivity contribution >= 4 is 23.7 Å². The molecule has 4 aromatic rings. The van der Waals surface area contributed by atoms with Gasteiger partial charge in [0.15, 0.2) is 0 Å². The molecule has 2 saturated carbocycles.